The van der Waals surface area contributed by atoms with Crippen molar-refractivity contribution >= 4 is 29.1 Å². The molecular formula is C26H24F9N5O4. The van der Waals surface area contributed by atoms with E-state index in [1.807, 2.05) is 5.32 Å². The highest BCUT2D eigenvalue weighted by atomic mass is 19.4. The van der Waals surface area contributed by atoms with Crippen molar-refractivity contribution in [3.63, 3.8) is 0 Å². The first-order valence-electron chi connectivity index (χ1n) is 12.6. The lowest BCUT2D eigenvalue weighted by atomic mass is 9.83. The number of pyridine rings is 1. The van der Waals surface area contributed by atoms with Crippen molar-refractivity contribution in [2.45, 2.75) is 50.4 Å². The third-order valence-corrected chi connectivity index (χ3v) is 6.53. The van der Waals surface area contributed by atoms with Gasteiger partial charge in [0.05, 0.1) is 29.8 Å². The summed E-state index contributed by atoms with van der Waals surface area (Å²) in [7, 11) is 1.23. The fourth-order valence-electron chi connectivity index (χ4n) is 4.42. The molecule has 9 nitrogen and oxygen atoms in total. The van der Waals surface area contributed by atoms with Crippen LogP contribution in [0.25, 0.3) is 0 Å². The molecule has 0 bridgehead atoms. The first kappa shape index (κ1) is 34.1. The number of ether oxygens (including phenoxy) is 1. The van der Waals surface area contributed by atoms with Gasteiger partial charge in [0.15, 0.2) is 0 Å². The van der Waals surface area contributed by atoms with Crippen LogP contribution in [0.15, 0.2) is 41.5 Å². The van der Waals surface area contributed by atoms with Gasteiger partial charge in [0.2, 0.25) is 18.0 Å². The highest BCUT2D eigenvalue weighted by Gasteiger charge is 2.41. The second-order valence-corrected chi connectivity index (χ2v) is 9.61. The maximum atomic E-state index is 13.3. The molecular weight excluding hydrogens is 617 g/mol. The summed E-state index contributed by atoms with van der Waals surface area (Å²) in [5.41, 5.74) is 3.59. The zero-order valence-electron chi connectivity index (χ0n) is 22.5. The predicted octanol–water partition coefficient (Wildman–Crippen LogP) is 4.74. The van der Waals surface area contributed by atoms with Gasteiger partial charge < -0.3 is 21.1 Å². The summed E-state index contributed by atoms with van der Waals surface area (Å²) in [5, 5.41) is 4.45. The number of para-hydroxylation sites is 1. The summed E-state index contributed by atoms with van der Waals surface area (Å²) >= 11 is 0. The Balaban J connectivity index is 2.06. The van der Waals surface area contributed by atoms with E-state index in [0.29, 0.717) is 12.3 Å². The van der Waals surface area contributed by atoms with E-state index < -0.39 is 85.5 Å². The first-order valence-corrected chi connectivity index (χ1v) is 12.6. The van der Waals surface area contributed by atoms with Gasteiger partial charge in [0.25, 0.3) is 5.91 Å². The molecule has 3 rings (SSSR count). The Kier molecular flexibility index (Phi) is 10.1. The third kappa shape index (κ3) is 8.82. The van der Waals surface area contributed by atoms with E-state index in [1.54, 1.807) is 0 Å². The number of fused-ring (bicyclic) bond motifs is 1. The second kappa shape index (κ2) is 13.1. The molecule has 0 fully saturated rings. The van der Waals surface area contributed by atoms with Crippen LogP contribution in [0.1, 0.15) is 42.5 Å². The molecule has 2 aromatic rings. The van der Waals surface area contributed by atoms with Crippen LogP contribution >= 0.6 is 0 Å². The number of nitrogens with one attached hydrogen (secondary N) is 2. The number of hydrogen-bond acceptors (Lipinski definition) is 6. The zero-order chi connectivity index (χ0) is 33.0. The number of amides is 3. The minimum Gasteiger partial charge on any atom is -0.495 e. The van der Waals surface area contributed by atoms with Crippen LogP contribution in [0.2, 0.25) is 0 Å². The number of halogens is 9. The van der Waals surface area contributed by atoms with Crippen LogP contribution in [-0.4, -0.2) is 54.0 Å². The van der Waals surface area contributed by atoms with Crippen LogP contribution < -0.4 is 21.1 Å². The van der Waals surface area contributed by atoms with Crippen molar-refractivity contribution in [1.29, 1.82) is 0 Å². The highest BCUT2D eigenvalue weighted by molar-refractivity contribution is 6.19. The van der Waals surface area contributed by atoms with Gasteiger partial charge in [-0.2, -0.15) is 39.5 Å². The molecule has 0 radical (unpaired) electrons. The average molecular weight is 641 g/mol. The van der Waals surface area contributed by atoms with Crippen molar-refractivity contribution in [1.82, 2.24) is 10.3 Å². The van der Waals surface area contributed by atoms with Gasteiger partial charge in [-0.15, -0.1) is 0 Å². The lowest BCUT2D eigenvalue weighted by molar-refractivity contribution is -0.152. The van der Waals surface area contributed by atoms with Gasteiger partial charge in [-0.3, -0.25) is 19.4 Å². The Morgan fingerprint density at radius 1 is 0.977 bits per heavy atom. The summed E-state index contributed by atoms with van der Waals surface area (Å²) in [4.78, 5) is 46.3. The zero-order valence-corrected chi connectivity index (χ0v) is 22.5. The van der Waals surface area contributed by atoms with Crippen LogP contribution in [0.3, 0.4) is 0 Å². The number of nitrogens with zero attached hydrogens (tertiary/aromatic N) is 2. The van der Waals surface area contributed by atoms with Crippen molar-refractivity contribution in [2.24, 2.45) is 22.6 Å². The molecule has 0 saturated carbocycles. The van der Waals surface area contributed by atoms with Gasteiger partial charge >= 0.3 is 18.5 Å². The van der Waals surface area contributed by atoms with E-state index in [1.165, 1.54) is 25.3 Å². The normalized spacial score (nSPS) is 17.0. The maximum absolute atomic E-state index is 13.3. The summed E-state index contributed by atoms with van der Waals surface area (Å²) in [6.45, 7) is 0. The molecule has 1 aliphatic heterocycles. The summed E-state index contributed by atoms with van der Waals surface area (Å²) in [6, 6.07) is 5.82. The third-order valence-electron chi connectivity index (χ3n) is 6.53. The number of carbonyl (C=O) groups excluding carboxylic acids is 3. The minimum atomic E-state index is -4.87. The molecule has 1 aromatic heterocycles. The van der Waals surface area contributed by atoms with Crippen molar-refractivity contribution in [2.75, 3.05) is 12.4 Å². The smallest absolute Gasteiger partial charge is 0.417 e. The summed E-state index contributed by atoms with van der Waals surface area (Å²) in [6.07, 6.45) is -21.6. The number of methoxy groups -OCH3 is 1. The average Bonchev–Trinajstić information content (AvgIpc) is 3.04. The van der Waals surface area contributed by atoms with Crippen LogP contribution in [0, 0.1) is 11.8 Å². The number of anilines is 1. The lowest BCUT2D eigenvalue weighted by Crippen LogP contribution is -2.48. The topological polar surface area (TPSA) is 136 Å². The fourth-order valence-corrected chi connectivity index (χ4v) is 4.42. The highest BCUT2D eigenvalue weighted by Crippen LogP contribution is 2.35. The lowest BCUT2D eigenvalue weighted by Gasteiger charge is -2.26. The van der Waals surface area contributed by atoms with Crippen molar-refractivity contribution in [3.05, 3.63) is 53.3 Å². The SMILES string of the molecule is COc1cccc2c1NC(=O)C(NC(=O)C(CCC(F)(F)F)C(CCC(F)(F)F)C(N)=O)N=C2c1ccc(C(F)(F)F)cn1. The number of benzene rings is 1. The molecule has 0 aliphatic carbocycles. The number of hydrogen-bond donors (Lipinski definition) is 3. The number of alkyl halides is 9. The fraction of sp³-hybridized carbons (Fsp3) is 0.423. The number of aliphatic imine (C=N–C) groups is 1. The molecule has 18 heteroatoms. The monoisotopic (exact) mass is 641 g/mol. The molecule has 44 heavy (non-hydrogen) atoms. The van der Waals surface area contributed by atoms with E-state index in [2.05, 4.69) is 15.3 Å². The molecule has 0 spiro atoms. The molecule has 1 aromatic carbocycles. The molecule has 4 N–H and O–H groups in total. The largest absolute Gasteiger partial charge is 0.495 e. The molecule has 3 atom stereocenters. The first-order chi connectivity index (χ1) is 20.3. The van der Waals surface area contributed by atoms with Gasteiger partial charge in [-0.25, -0.2) is 4.99 Å². The quantitative estimate of drug-likeness (QED) is 0.322. The van der Waals surface area contributed by atoms with Gasteiger partial charge in [-0.05, 0) is 31.0 Å². The van der Waals surface area contributed by atoms with E-state index in [-0.39, 0.29) is 28.4 Å². The summed E-state index contributed by atoms with van der Waals surface area (Å²) < 4.78 is 122. The number of primary amides is 1. The Morgan fingerprint density at radius 2 is 1.59 bits per heavy atom. The molecule has 3 unspecified atom stereocenters. The Labute approximate surface area is 243 Å². The van der Waals surface area contributed by atoms with E-state index >= 15 is 0 Å². The Bertz CT molecular complexity index is 1410. The van der Waals surface area contributed by atoms with Crippen LogP contribution in [0.4, 0.5) is 45.2 Å². The number of nitrogens with two attached hydrogens (primary N) is 1. The molecule has 0 saturated heterocycles. The van der Waals surface area contributed by atoms with Gasteiger partial charge in [-0.1, -0.05) is 12.1 Å². The van der Waals surface area contributed by atoms with Crippen LogP contribution in [0.5, 0.6) is 5.75 Å². The van der Waals surface area contributed by atoms with E-state index in [9.17, 15) is 53.9 Å². The van der Waals surface area contributed by atoms with Gasteiger partial charge in [0, 0.05) is 36.4 Å². The van der Waals surface area contributed by atoms with Gasteiger partial charge in [0.1, 0.15) is 5.75 Å². The second-order valence-electron chi connectivity index (χ2n) is 9.61. The number of benzodiazepines with no additional fused rings is 1. The molecule has 1 aliphatic rings. The van der Waals surface area contributed by atoms with Crippen molar-refractivity contribution in [3.8, 4) is 5.75 Å². The number of rotatable bonds is 10. The number of carbonyl (C=O) groups is 3. The maximum Gasteiger partial charge on any atom is 0.417 e. The minimum absolute atomic E-state index is 0.0476. The van der Waals surface area contributed by atoms with Crippen molar-refractivity contribution < 1.29 is 58.6 Å². The Morgan fingerprint density at radius 3 is 2.09 bits per heavy atom. The summed E-state index contributed by atoms with van der Waals surface area (Å²) in [5.74, 6) is -8.05. The molecule has 240 valence electrons. The molecule has 2 heterocycles. The van der Waals surface area contributed by atoms with Crippen LogP contribution in [-0.2, 0) is 20.6 Å². The predicted molar refractivity (Wildman–Crippen MR) is 135 cm³/mol. The van der Waals surface area contributed by atoms with E-state index in [4.69, 9.17) is 10.5 Å². The Hall–Kier alpha value is -4.38. The molecule has 3 amide bonds. The van der Waals surface area contributed by atoms with E-state index in [0.717, 1.165) is 6.07 Å². The standard InChI is InChI=1S/C26H24F9N5O4/c1-44-17-4-2-3-15-18(16-6-5-12(11-37-16)26(33,34)35)38-21(23(43)39-19(15)17)40-22(42)14(8-10-25(30,31)32)13(20(36)41)7-9-24(27,28)29/h2-6,11,13-14,21H,7-10H2,1H3,(H2,36,41)(H,39,43)(H,40,42). The number of aromatic nitrogens is 1.